The summed E-state index contributed by atoms with van der Waals surface area (Å²) >= 11 is 13.9. The summed E-state index contributed by atoms with van der Waals surface area (Å²) in [5.74, 6) is -13.9. The molecule has 0 spiro atoms. The molecule has 16 N–H and O–H groups in total. The number of aliphatic hydroxyl groups excluding tert-OH is 1. The number of nitrogens with two attached hydrogens (primary N) is 1. The van der Waals surface area contributed by atoms with Crippen LogP contribution in [0.2, 0.25) is 10.0 Å². The second kappa shape index (κ2) is 29.9. The predicted octanol–water partition coefficient (Wildman–Crippen LogP) is 6.70. The van der Waals surface area contributed by atoms with Crippen LogP contribution in [0.5, 0.6) is 69.0 Å². The van der Waals surface area contributed by atoms with Crippen LogP contribution >= 0.6 is 23.2 Å². The largest absolute Gasteiger partial charge is 0.508 e. The van der Waals surface area contributed by atoms with Crippen LogP contribution in [-0.4, -0.2) is 138 Å². The second-order valence-electron chi connectivity index (χ2n) is 26.0. The van der Waals surface area contributed by atoms with Crippen molar-refractivity contribution < 1.29 is 88.3 Å². The molecule has 7 aliphatic rings. The highest BCUT2D eigenvalue weighted by molar-refractivity contribution is 6.32. The maximum absolute atomic E-state index is 16.0. The zero-order chi connectivity index (χ0) is 74.2. The van der Waals surface area contributed by atoms with E-state index in [1.165, 1.54) is 77.2 Å². The van der Waals surface area contributed by atoms with Gasteiger partial charge in [-0.25, -0.2) is 0 Å². The van der Waals surface area contributed by atoms with Crippen LogP contribution in [0.25, 0.3) is 11.1 Å². The minimum atomic E-state index is -2.18. The van der Waals surface area contributed by atoms with E-state index in [-0.39, 0.29) is 123 Å². The summed E-state index contributed by atoms with van der Waals surface area (Å²) < 4.78 is 18.6. The van der Waals surface area contributed by atoms with E-state index < -0.39 is 136 Å². The first kappa shape index (κ1) is 71.6. The highest BCUT2D eigenvalue weighted by Crippen LogP contribution is 2.48. The summed E-state index contributed by atoms with van der Waals surface area (Å²) in [4.78, 5) is 124. The van der Waals surface area contributed by atoms with E-state index >= 15 is 28.8 Å². The molecule has 1 saturated heterocycles. The van der Waals surface area contributed by atoms with Gasteiger partial charge in [0.15, 0.2) is 23.0 Å². The maximum atomic E-state index is 16.0. The van der Waals surface area contributed by atoms with E-state index in [1.807, 2.05) is 12.1 Å². The lowest BCUT2D eigenvalue weighted by molar-refractivity contribution is -0.142. The van der Waals surface area contributed by atoms with Gasteiger partial charge in [0.1, 0.15) is 88.6 Å². The lowest BCUT2D eigenvalue weighted by atomic mass is 9.89. The third-order valence-electron chi connectivity index (χ3n) is 18.8. The number of phenolic OH excluding ortho intramolecular Hbond substituents is 6. The first-order valence-electron chi connectivity index (χ1n) is 33.5. The molecule has 8 aromatic carbocycles. The van der Waals surface area contributed by atoms with E-state index in [4.69, 9.17) is 43.1 Å². The van der Waals surface area contributed by atoms with Gasteiger partial charge < -0.3 is 103 Å². The monoisotopic (exact) mass is 1470 g/mol. The van der Waals surface area contributed by atoms with Crippen LogP contribution in [0.15, 0.2) is 140 Å². The third kappa shape index (κ3) is 15.2. The number of nitrogens with one attached hydrogen (secondary N) is 7. The molecule has 30 heteroatoms. The molecule has 28 nitrogen and oxygen atoms in total. The van der Waals surface area contributed by atoms with Gasteiger partial charge in [0, 0.05) is 62.4 Å². The fraction of sp³-hybridized carbons (Fsp3) is 0.253. The Balaban J connectivity index is 0.914. The molecule has 15 rings (SSSR count). The first-order valence-corrected chi connectivity index (χ1v) is 34.3. The Kier molecular flexibility index (Phi) is 20.4. The molecule has 0 aromatic heterocycles. The van der Waals surface area contributed by atoms with Crippen molar-refractivity contribution in [2.75, 3.05) is 32.7 Å². The van der Waals surface area contributed by atoms with E-state index in [0.29, 0.717) is 12.1 Å². The number of nitrogens with zero attached hydrogens (tertiary/aromatic N) is 2. The third-order valence-corrected chi connectivity index (χ3v) is 19.4. The molecule has 542 valence electrons. The number of carbonyl (C=O) groups is 8. The number of hydrogen-bond acceptors (Lipinski definition) is 20. The Hall–Kier alpha value is -11.8. The van der Waals surface area contributed by atoms with Gasteiger partial charge in [-0.15, -0.1) is 0 Å². The minimum absolute atomic E-state index is 0.0260. The Bertz CT molecular complexity index is 4840. The van der Waals surface area contributed by atoms with Gasteiger partial charge in [-0.2, -0.15) is 0 Å². The first-order chi connectivity index (χ1) is 50.3. The molecule has 8 atom stereocenters. The number of fused-ring (bicyclic) bond motifs is 14. The van der Waals surface area contributed by atoms with Crippen molar-refractivity contribution in [3.05, 3.63) is 200 Å². The molecule has 1 fully saturated rings. The van der Waals surface area contributed by atoms with Crippen LogP contribution in [0, 0.1) is 0 Å². The molecule has 0 aliphatic carbocycles. The van der Waals surface area contributed by atoms with Crippen LogP contribution in [-0.2, 0) is 57.7 Å². The number of ether oxygens (including phenoxy) is 3. The lowest BCUT2D eigenvalue weighted by Gasteiger charge is -2.37. The van der Waals surface area contributed by atoms with Gasteiger partial charge in [-0.05, 0) is 142 Å². The number of rotatable bonds is 8. The summed E-state index contributed by atoms with van der Waals surface area (Å²) in [7, 11) is 0. The summed E-state index contributed by atoms with van der Waals surface area (Å²) in [6.07, 6.45) is 0.627. The fourth-order valence-electron chi connectivity index (χ4n) is 13.2. The number of hydrogen-bond donors (Lipinski definition) is 15. The standard InChI is InChI=1S/C75H70Cl2N10O18/c1-2-3-4-35-5-7-36(8-6-35)33-79-34-59(93)86-17-19-87(20-18-86)75(102)65-47-31-44(89)32-53(92)60(47)46-25-39(11-13-51(46)90)62-71(98)85-66(74(101)84-65)67(94)40-12-16-55(49(77)26-40)105-58-29-42-28-57(68(58)95)104-54-15-9-37(21-48(54)76)22-50-69(96)81-63(72(99)83-64(42)73(100)82-62)41-23-43(88)30-45(24-41)103-56-27-38(10-14-52(56)91)61(78)70(97)80-50/h5-16,21,23-32,50,61-67,79,88-92,94-95H,2-4,17-20,22,33-34,78H2,1H3,(H,80,97)(H,81,96)(H,82,100)(H,83,99)(H,84,101)(H,85,98)/t50-,61+,62-,63+,64-,65+,66+,67-/m1/s1. The molecule has 105 heavy (non-hydrogen) atoms. The van der Waals surface area contributed by atoms with E-state index in [1.54, 1.807) is 4.90 Å². The number of piperazine rings is 1. The average Bonchev–Trinajstić information content (AvgIpc) is 0.533. The quantitative estimate of drug-likeness (QED) is 0.0752. The van der Waals surface area contributed by atoms with Crippen molar-refractivity contribution >= 4 is 70.5 Å². The Morgan fingerprint density at radius 2 is 1.12 bits per heavy atom. The molecule has 0 unspecified atom stereocenters. The summed E-state index contributed by atoms with van der Waals surface area (Å²) in [6.45, 7) is 2.40. The van der Waals surface area contributed by atoms with Crippen molar-refractivity contribution in [2.24, 2.45) is 5.73 Å². The minimum Gasteiger partial charge on any atom is -0.508 e. The van der Waals surface area contributed by atoms with Crippen molar-refractivity contribution in [3.63, 3.8) is 0 Å². The fourth-order valence-corrected chi connectivity index (χ4v) is 13.7. The topological polar surface area (TPSA) is 423 Å². The van der Waals surface area contributed by atoms with Gasteiger partial charge in [0.2, 0.25) is 53.0 Å². The number of benzene rings is 8. The second-order valence-corrected chi connectivity index (χ2v) is 26.8. The summed E-state index contributed by atoms with van der Waals surface area (Å²) in [6, 6.07) is 17.2. The molecule has 0 saturated carbocycles. The van der Waals surface area contributed by atoms with E-state index in [9.17, 15) is 45.3 Å². The highest BCUT2D eigenvalue weighted by atomic mass is 35.5. The Morgan fingerprint density at radius 3 is 1.81 bits per heavy atom. The van der Waals surface area contributed by atoms with E-state index in [0.717, 1.165) is 73.4 Å². The van der Waals surface area contributed by atoms with E-state index in [2.05, 4.69) is 56.3 Å². The van der Waals surface area contributed by atoms with Crippen molar-refractivity contribution in [1.29, 1.82) is 0 Å². The number of phenols is 6. The lowest BCUT2D eigenvalue weighted by Crippen LogP contribution is -2.57. The van der Waals surface area contributed by atoms with Gasteiger partial charge in [-0.3, -0.25) is 38.4 Å². The van der Waals surface area contributed by atoms with Crippen LogP contribution in [0.3, 0.4) is 0 Å². The summed E-state index contributed by atoms with van der Waals surface area (Å²) in [5.41, 5.74) is 7.09. The number of aromatic hydroxyl groups is 6. The molecule has 17 bridgehead atoms. The Labute approximate surface area is 608 Å². The zero-order valence-electron chi connectivity index (χ0n) is 55.8. The molecule has 0 radical (unpaired) electrons. The number of carbonyl (C=O) groups excluding carboxylic acids is 8. The maximum Gasteiger partial charge on any atom is 0.249 e. The smallest absolute Gasteiger partial charge is 0.249 e. The average molecular weight is 1470 g/mol. The van der Waals surface area contributed by atoms with Crippen molar-refractivity contribution in [1.82, 2.24) is 47.0 Å². The molecule has 7 heterocycles. The van der Waals surface area contributed by atoms with Crippen LogP contribution in [0.4, 0.5) is 0 Å². The number of unbranched alkanes of at least 4 members (excludes halogenated alkanes) is 1. The van der Waals surface area contributed by atoms with Crippen LogP contribution < -0.4 is 57.2 Å². The predicted molar refractivity (Wildman–Crippen MR) is 377 cm³/mol. The number of aryl methyl sites for hydroxylation is 1. The number of aliphatic hydroxyl groups is 1. The molecule has 8 aromatic rings. The Morgan fingerprint density at radius 1 is 0.533 bits per heavy atom. The van der Waals surface area contributed by atoms with Gasteiger partial charge >= 0.3 is 0 Å². The van der Waals surface area contributed by atoms with Crippen molar-refractivity contribution in [3.8, 4) is 80.1 Å². The van der Waals surface area contributed by atoms with Gasteiger partial charge in [0.05, 0.1) is 16.6 Å². The normalized spacial score (nSPS) is 21.0. The summed E-state index contributed by atoms with van der Waals surface area (Å²) in [5, 5.41) is 101. The number of halogens is 2. The molecular weight excluding hydrogens is 1400 g/mol. The molecule has 8 amide bonds. The van der Waals surface area contributed by atoms with Crippen molar-refractivity contribution in [2.45, 2.75) is 87.5 Å². The molecule has 7 aliphatic heterocycles. The highest BCUT2D eigenvalue weighted by Gasteiger charge is 2.43. The van der Waals surface area contributed by atoms with Gasteiger partial charge in [0.25, 0.3) is 0 Å². The van der Waals surface area contributed by atoms with Gasteiger partial charge in [-0.1, -0.05) is 85.1 Å². The number of amides is 8. The SMILES string of the molecule is CCCCc1ccc(CNCC(=O)N2CCN(C(=O)[C@H]3NC(=O)[C@H]4NC(=O)[C@H](NC(=O)[C@@H]5NC(=O)[C@H]6NC(=O)[C@@H](Cc7ccc(c(Cl)c7)Oc7cc5cc(c7O)Oc5ccc(cc5Cl)[C@H]4O)NC(=O)[C@@H](N)c4ccc(O)c(c4)Oc4cc(O)cc6c4)c4ccc(O)c(c4)-c4c(O)cc(O)cc43)CC2)cc1. The van der Waals surface area contributed by atoms with Crippen LogP contribution in [0.1, 0.15) is 106 Å². The zero-order valence-corrected chi connectivity index (χ0v) is 57.3. The molecular formula is C75H70Cl2N10O18.